The third-order valence-electron chi connectivity index (χ3n) is 28.8. The Morgan fingerprint density at radius 3 is 1.25 bits per heavy atom. The summed E-state index contributed by atoms with van der Waals surface area (Å²) in [6.07, 6.45) is 28.2. The first-order valence-corrected chi connectivity index (χ1v) is 33.1. The van der Waals surface area contributed by atoms with Gasteiger partial charge in [0.15, 0.2) is 5.78 Å². The van der Waals surface area contributed by atoms with E-state index < -0.39 is 0 Å². The molecule has 10 aliphatic rings. The maximum atomic E-state index is 13.5. The summed E-state index contributed by atoms with van der Waals surface area (Å²) in [7, 11) is 0. The number of aliphatic hydroxyl groups excluding tert-OH is 1. The van der Waals surface area contributed by atoms with Gasteiger partial charge in [-0.1, -0.05) is 173 Å². The van der Waals surface area contributed by atoms with Crippen LogP contribution in [0.15, 0.2) is 85.0 Å². The van der Waals surface area contributed by atoms with Crippen molar-refractivity contribution < 1.29 is 38.7 Å². The third kappa shape index (κ3) is 10.8. The van der Waals surface area contributed by atoms with E-state index in [0.29, 0.717) is 57.7 Å². The second-order valence-electron chi connectivity index (χ2n) is 32.4. The maximum absolute atomic E-state index is 13.5. The maximum Gasteiger partial charge on any atom is 0.373 e. The van der Waals surface area contributed by atoms with Gasteiger partial charge in [0.05, 0.1) is 0 Å². The van der Waals surface area contributed by atoms with Gasteiger partial charge in [-0.25, -0.2) is 0 Å². The second kappa shape index (κ2) is 25.1. The van der Waals surface area contributed by atoms with Crippen LogP contribution in [-0.4, -0.2) is 41.5 Å². The first-order valence-electron chi connectivity index (χ1n) is 33.1. The molecule has 0 saturated heterocycles. The van der Waals surface area contributed by atoms with Crippen LogP contribution in [0, 0.1) is 122 Å². The molecular formula is C78H111NO8. The Hall–Kier alpha value is -4.87. The van der Waals surface area contributed by atoms with E-state index in [0.717, 1.165) is 43.4 Å². The van der Waals surface area contributed by atoms with Gasteiger partial charge in [-0.15, -0.1) is 0 Å². The molecule has 12 rings (SSSR count). The van der Waals surface area contributed by atoms with Crippen molar-refractivity contribution in [2.75, 3.05) is 6.61 Å². The van der Waals surface area contributed by atoms with Gasteiger partial charge in [-0.3, -0.25) is 4.79 Å². The van der Waals surface area contributed by atoms with E-state index in [4.69, 9.17) is 34.5 Å². The highest BCUT2D eigenvalue weighted by atomic mass is 16.3. The molecule has 87 heavy (non-hydrogen) atoms. The quantitative estimate of drug-likeness (QED) is 0.268. The highest BCUT2D eigenvalue weighted by molar-refractivity contribution is 5.87. The topological polar surface area (TPSA) is 166 Å². The molecule has 0 bridgehead atoms. The van der Waals surface area contributed by atoms with Gasteiger partial charge >= 0.3 is 18.5 Å². The van der Waals surface area contributed by atoms with Gasteiger partial charge in [0, 0.05) is 11.0 Å². The molecule has 2 aromatic carbocycles. The van der Waals surface area contributed by atoms with Crippen molar-refractivity contribution in [2.24, 2.45) is 114 Å². The lowest BCUT2D eigenvalue weighted by Gasteiger charge is -2.72. The lowest BCUT2D eigenvalue weighted by molar-refractivity contribution is -0.225. The number of aryl methyl sites for hydroxylation is 2. The summed E-state index contributed by atoms with van der Waals surface area (Å²) >= 11 is 0. The molecule has 0 spiro atoms. The van der Waals surface area contributed by atoms with Gasteiger partial charge in [-0.05, 0) is 268 Å². The van der Waals surface area contributed by atoms with Crippen LogP contribution >= 0.6 is 0 Å². The largest absolute Gasteiger partial charge is 0.389 e. The lowest BCUT2D eigenvalue weighted by atomic mass is 9.32. The Labute approximate surface area is 524 Å². The van der Waals surface area contributed by atoms with E-state index in [9.17, 15) is 9.90 Å². The van der Waals surface area contributed by atoms with Gasteiger partial charge in [0.2, 0.25) is 0 Å². The number of ketones is 1. The number of aliphatic hydroxyl groups is 1. The summed E-state index contributed by atoms with van der Waals surface area (Å²) in [5.74, 6) is 6.37. The first kappa shape index (κ1) is 69.6. The average Bonchev–Trinajstić information content (AvgIpc) is 1.50. The van der Waals surface area contributed by atoms with Crippen molar-refractivity contribution >= 4 is 35.4 Å². The lowest BCUT2D eigenvalue weighted by Crippen LogP contribution is -2.67. The molecule has 0 unspecified atom stereocenters. The minimum absolute atomic E-state index is 0. The number of allylic oxidation sites excluding steroid dienone is 6. The summed E-state index contributed by atoms with van der Waals surface area (Å²) in [4.78, 5) is 62.2. The highest BCUT2D eigenvalue weighted by Crippen LogP contribution is 2.79. The molecule has 18 atom stereocenters. The summed E-state index contributed by atoms with van der Waals surface area (Å²) < 4.78 is 0. The molecule has 0 aromatic heterocycles. The molecule has 3 N–H and O–H groups in total. The molecule has 8 fully saturated rings. The van der Waals surface area contributed by atoms with Crippen LogP contribution in [0.5, 0.6) is 0 Å². The minimum atomic E-state index is -0.328. The molecule has 10 aliphatic carbocycles. The summed E-state index contributed by atoms with van der Waals surface area (Å²) in [6.45, 7) is 43.8. The van der Waals surface area contributed by atoms with E-state index >= 15 is 0 Å². The summed E-state index contributed by atoms with van der Waals surface area (Å²) in [6, 6.07) is 18.5. The van der Waals surface area contributed by atoms with E-state index in [-0.39, 0.29) is 76.3 Å². The minimum Gasteiger partial charge on any atom is -0.389 e. The van der Waals surface area contributed by atoms with Crippen molar-refractivity contribution in [3.63, 3.8) is 0 Å². The van der Waals surface area contributed by atoms with Crippen LogP contribution in [-0.2, 0) is 33.6 Å². The Morgan fingerprint density at radius 1 is 0.494 bits per heavy atom. The Bertz CT molecular complexity index is 3030. The Kier molecular flexibility index (Phi) is 20.1. The van der Waals surface area contributed by atoms with Crippen molar-refractivity contribution in [3.8, 4) is 0 Å². The highest BCUT2D eigenvalue weighted by Gasteiger charge is 2.73. The van der Waals surface area contributed by atoms with Crippen molar-refractivity contribution in [2.45, 2.75) is 225 Å². The molecular weight excluding hydrogens is 1080 g/mol. The van der Waals surface area contributed by atoms with Gasteiger partial charge in [0.25, 0.3) is 0 Å². The number of nitrogens with two attached hydrogens (primary N) is 1. The number of carbonyl (C=O) groups excluding carboxylic acids is 7. The van der Waals surface area contributed by atoms with E-state index in [1.165, 1.54) is 123 Å². The van der Waals surface area contributed by atoms with Crippen LogP contribution in [0.2, 0.25) is 0 Å². The standard InChI is InChI=1S/C38H54O2.C36H53N.3CO2.CH4/c1-24(2)27-15-20-38(32(40)23-39)22-21-36(7)29(33(27)38)13-14-31-35(6)18-16-28(26-11-9-25(3)10-12-26)34(4,5)30(35)17-19-37(31,36)8;1-23(2)26-15-20-36(37)22-21-34(7)28(31(26)36)13-14-30-33(6)18-16-27(25-11-9-24(3)10-12-25)32(4,5)29(33)17-19-35(30,34)8;3*2-1-3;/h9-12,16,27,29-31,33,39H,1,13-15,17-23H2,2-8H3;9-12,16,26,28-31H,1,13-15,17-22,37H2,2-8H3;;;;1H4/t27-,29+,30-,31+,33+,35-,36+,37+,38+;26-,28+,29-,30+,31+,33-,34+,35+,36-;;;;/m00..../s1. The number of rotatable bonds is 6. The van der Waals surface area contributed by atoms with Crippen LogP contribution in [0.25, 0.3) is 11.1 Å². The zero-order valence-electron chi connectivity index (χ0n) is 55.3. The fourth-order valence-electron chi connectivity index (χ4n) is 24.7. The van der Waals surface area contributed by atoms with E-state index in [1.807, 2.05) is 0 Å². The number of Topliss-reactive ketones (excluding diaryl/α,β-unsaturated/α-hetero) is 1. The SMILES string of the molecule is C.C=C(C)[C@@H]1CC[C@]2(C(=O)CO)CC[C@]3(C)[C@H](CC[C@@H]4[C@@]5(C)CC=C(c6ccc(C)cc6)C(C)(C)[C@@H]5CC[C@]43C)[C@@H]12.C=C(C)[C@@H]1CC[C@]2(N)CC[C@]3(C)[C@H](CC[C@@H]4[C@@]5(C)CC=C(c6ccc(C)cc6)C(C)(C)[C@@H]5CC[C@]43C)[C@@H]12.O=C=O.O=C=O.O=C=O. The van der Waals surface area contributed by atoms with Crippen LogP contribution in [0.4, 0.5) is 0 Å². The fraction of sp³-hybridized carbons (Fsp3) is 0.692. The molecule has 0 amide bonds. The summed E-state index contributed by atoms with van der Waals surface area (Å²) in [5, 5.41) is 10.1. The first-order chi connectivity index (χ1) is 40.3. The normalized spacial score (nSPS) is 41.7. The predicted octanol–water partition coefficient (Wildman–Crippen LogP) is 17.4. The van der Waals surface area contributed by atoms with Crippen molar-refractivity contribution in [1.29, 1.82) is 0 Å². The molecule has 0 heterocycles. The molecule has 8 saturated carbocycles. The predicted molar refractivity (Wildman–Crippen MR) is 345 cm³/mol. The van der Waals surface area contributed by atoms with Gasteiger partial charge in [-0.2, -0.15) is 28.8 Å². The molecule has 2 aromatic rings. The zero-order valence-corrected chi connectivity index (χ0v) is 55.3. The Morgan fingerprint density at radius 2 is 0.862 bits per heavy atom. The fourth-order valence-corrected chi connectivity index (χ4v) is 24.7. The van der Waals surface area contributed by atoms with Gasteiger partial charge < -0.3 is 10.8 Å². The number of carbonyl (C=O) groups is 1. The zero-order chi connectivity index (χ0) is 63.6. The number of hydrogen-bond donors (Lipinski definition) is 2. The van der Waals surface area contributed by atoms with E-state index in [2.05, 4.69) is 171 Å². The number of benzene rings is 2. The molecule has 476 valence electrons. The molecule has 0 aliphatic heterocycles. The van der Waals surface area contributed by atoms with E-state index in [1.54, 1.807) is 11.1 Å². The monoisotopic (exact) mass is 1190 g/mol. The average molecular weight is 1190 g/mol. The van der Waals surface area contributed by atoms with Crippen molar-refractivity contribution in [3.05, 3.63) is 107 Å². The smallest absolute Gasteiger partial charge is 0.373 e. The second-order valence-corrected chi connectivity index (χ2v) is 32.4. The molecule has 9 nitrogen and oxygen atoms in total. The number of hydrogen-bond acceptors (Lipinski definition) is 9. The Balaban J connectivity index is 0.000000217. The van der Waals surface area contributed by atoms with Gasteiger partial charge in [0.1, 0.15) is 6.61 Å². The van der Waals surface area contributed by atoms with Crippen LogP contribution in [0.1, 0.15) is 228 Å². The third-order valence-corrected chi connectivity index (χ3v) is 28.8. The van der Waals surface area contributed by atoms with Crippen LogP contribution < -0.4 is 5.73 Å². The number of fused-ring (bicyclic) bond motifs is 14. The van der Waals surface area contributed by atoms with Crippen LogP contribution in [0.3, 0.4) is 0 Å². The molecule has 0 radical (unpaired) electrons. The molecule has 9 heteroatoms. The van der Waals surface area contributed by atoms with Crippen molar-refractivity contribution in [1.82, 2.24) is 0 Å². The summed E-state index contributed by atoms with van der Waals surface area (Å²) in [5.41, 5.74) is 20.6.